The van der Waals surface area contributed by atoms with Crippen molar-refractivity contribution in [1.29, 1.82) is 0 Å². The summed E-state index contributed by atoms with van der Waals surface area (Å²) in [7, 11) is -1.68. The van der Waals surface area contributed by atoms with Crippen LogP contribution in [0.4, 0.5) is 0 Å². The lowest BCUT2D eigenvalue weighted by molar-refractivity contribution is 0.427. The summed E-state index contributed by atoms with van der Waals surface area (Å²) in [6.07, 6.45) is 0. The molecule has 1 rings (SSSR count). The molecule has 98 valence electrons. The van der Waals surface area contributed by atoms with Gasteiger partial charge in [-0.2, -0.15) is 0 Å². The minimum Gasteiger partial charge on any atom is -0.308 e. The number of sulfonamides is 1. The van der Waals surface area contributed by atoms with E-state index in [4.69, 9.17) is 0 Å². The molecule has 0 bridgehead atoms. The van der Waals surface area contributed by atoms with Crippen LogP contribution in [0.5, 0.6) is 0 Å². The SMILES string of the molecule is CNS(=O)(=O)CCNC(c1cccs1)C(C)C. The Hall–Kier alpha value is -0.430. The number of nitrogens with one attached hydrogen (secondary N) is 2. The number of thiophene rings is 1. The molecule has 4 nitrogen and oxygen atoms in total. The Morgan fingerprint density at radius 2 is 2.12 bits per heavy atom. The summed E-state index contributed by atoms with van der Waals surface area (Å²) in [6.45, 7) is 4.72. The van der Waals surface area contributed by atoms with Crippen LogP contribution in [0.1, 0.15) is 24.8 Å². The maximum atomic E-state index is 11.3. The van der Waals surface area contributed by atoms with E-state index >= 15 is 0 Å². The van der Waals surface area contributed by atoms with Crippen LogP contribution < -0.4 is 10.0 Å². The summed E-state index contributed by atoms with van der Waals surface area (Å²) in [4.78, 5) is 1.25. The van der Waals surface area contributed by atoms with E-state index in [1.165, 1.54) is 11.9 Å². The third kappa shape index (κ3) is 4.75. The average Bonchev–Trinajstić information content (AvgIpc) is 2.77. The van der Waals surface area contributed by atoms with Crippen molar-refractivity contribution in [2.45, 2.75) is 19.9 Å². The molecule has 0 saturated heterocycles. The van der Waals surface area contributed by atoms with Gasteiger partial charge in [-0.3, -0.25) is 0 Å². The first kappa shape index (κ1) is 14.6. The zero-order chi connectivity index (χ0) is 12.9. The summed E-state index contributed by atoms with van der Waals surface area (Å²) in [5.41, 5.74) is 0. The van der Waals surface area contributed by atoms with Crippen LogP contribution >= 0.6 is 11.3 Å². The second kappa shape index (κ2) is 6.49. The molecule has 0 spiro atoms. The van der Waals surface area contributed by atoms with Gasteiger partial charge in [0.15, 0.2) is 0 Å². The second-order valence-corrected chi connectivity index (χ2v) is 7.24. The molecule has 0 saturated carbocycles. The zero-order valence-electron chi connectivity index (χ0n) is 10.4. The molecule has 1 atom stereocenters. The highest BCUT2D eigenvalue weighted by atomic mass is 32.2. The van der Waals surface area contributed by atoms with Crippen molar-refractivity contribution in [3.63, 3.8) is 0 Å². The van der Waals surface area contributed by atoms with Gasteiger partial charge in [-0.25, -0.2) is 13.1 Å². The fourth-order valence-corrected chi connectivity index (χ4v) is 3.15. The first-order chi connectivity index (χ1) is 7.96. The molecule has 1 unspecified atom stereocenters. The van der Waals surface area contributed by atoms with Gasteiger partial charge in [0.05, 0.1) is 5.75 Å². The van der Waals surface area contributed by atoms with Crippen LogP contribution in [0, 0.1) is 5.92 Å². The van der Waals surface area contributed by atoms with Crippen molar-refractivity contribution >= 4 is 21.4 Å². The number of rotatable bonds is 7. The maximum Gasteiger partial charge on any atom is 0.212 e. The lowest BCUT2D eigenvalue weighted by Gasteiger charge is -2.21. The Kier molecular flexibility index (Phi) is 5.58. The van der Waals surface area contributed by atoms with Crippen molar-refractivity contribution in [1.82, 2.24) is 10.0 Å². The average molecular weight is 276 g/mol. The van der Waals surface area contributed by atoms with E-state index in [2.05, 4.69) is 30.0 Å². The van der Waals surface area contributed by atoms with Crippen LogP contribution in [-0.2, 0) is 10.0 Å². The predicted octanol–water partition coefficient (Wildman–Crippen LogP) is 1.58. The third-order valence-electron chi connectivity index (χ3n) is 2.56. The fourth-order valence-electron chi connectivity index (χ4n) is 1.58. The molecule has 0 radical (unpaired) electrons. The molecule has 0 aliphatic carbocycles. The first-order valence-electron chi connectivity index (χ1n) is 5.64. The van der Waals surface area contributed by atoms with E-state index in [1.807, 2.05) is 11.4 Å². The van der Waals surface area contributed by atoms with E-state index < -0.39 is 10.0 Å². The molecular weight excluding hydrogens is 256 g/mol. The minimum absolute atomic E-state index is 0.109. The summed E-state index contributed by atoms with van der Waals surface area (Å²) in [6, 6.07) is 4.32. The monoisotopic (exact) mass is 276 g/mol. The number of hydrogen-bond donors (Lipinski definition) is 2. The Morgan fingerprint density at radius 1 is 1.41 bits per heavy atom. The quantitative estimate of drug-likeness (QED) is 0.795. The van der Waals surface area contributed by atoms with Crippen LogP contribution in [0.2, 0.25) is 0 Å². The first-order valence-corrected chi connectivity index (χ1v) is 8.17. The van der Waals surface area contributed by atoms with Gasteiger partial charge in [0, 0.05) is 17.5 Å². The summed E-state index contributed by atoms with van der Waals surface area (Å²) < 4.78 is 24.9. The standard InChI is InChI=1S/C11H20N2O2S2/c1-9(2)11(10-5-4-7-16-10)13-6-8-17(14,15)12-3/h4-5,7,9,11-13H,6,8H2,1-3H3. The normalized spacial score (nSPS) is 14.1. The lowest BCUT2D eigenvalue weighted by atomic mass is 10.0. The third-order valence-corrected chi connectivity index (χ3v) is 4.88. The van der Waals surface area contributed by atoms with Crippen LogP contribution in [0.25, 0.3) is 0 Å². The zero-order valence-corrected chi connectivity index (χ0v) is 12.1. The van der Waals surface area contributed by atoms with E-state index in [1.54, 1.807) is 11.3 Å². The predicted molar refractivity (Wildman–Crippen MR) is 72.7 cm³/mol. The van der Waals surface area contributed by atoms with E-state index in [0.29, 0.717) is 12.5 Å². The molecule has 1 aromatic heterocycles. The molecular formula is C11H20N2O2S2. The van der Waals surface area contributed by atoms with Crippen molar-refractivity contribution < 1.29 is 8.42 Å². The molecule has 0 amide bonds. The van der Waals surface area contributed by atoms with Crippen LogP contribution in [0.3, 0.4) is 0 Å². The lowest BCUT2D eigenvalue weighted by Crippen LogP contribution is -2.33. The van der Waals surface area contributed by atoms with E-state index in [0.717, 1.165) is 0 Å². The number of hydrogen-bond acceptors (Lipinski definition) is 4. The summed E-state index contributed by atoms with van der Waals surface area (Å²) >= 11 is 1.70. The highest BCUT2D eigenvalue weighted by Crippen LogP contribution is 2.25. The molecule has 6 heteroatoms. The fraction of sp³-hybridized carbons (Fsp3) is 0.636. The van der Waals surface area contributed by atoms with E-state index in [9.17, 15) is 8.42 Å². The molecule has 0 fully saturated rings. The summed E-state index contributed by atoms with van der Waals surface area (Å²) in [5, 5.41) is 5.34. The largest absolute Gasteiger partial charge is 0.308 e. The van der Waals surface area contributed by atoms with Crippen molar-refractivity contribution in [2.75, 3.05) is 19.3 Å². The van der Waals surface area contributed by atoms with Gasteiger partial charge < -0.3 is 5.32 Å². The molecule has 1 heterocycles. The Morgan fingerprint density at radius 3 is 2.59 bits per heavy atom. The molecule has 17 heavy (non-hydrogen) atoms. The minimum atomic E-state index is -3.12. The topological polar surface area (TPSA) is 58.2 Å². The molecule has 2 N–H and O–H groups in total. The van der Waals surface area contributed by atoms with Gasteiger partial charge in [-0.05, 0) is 24.4 Å². The Bertz CT molecular complexity index is 413. The van der Waals surface area contributed by atoms with Gasteiger partial charge in [-0.15, -0.1) is 11.3 Å². The molecule has 0 aliphatic rings. The summed E-state index contributed by atoms with van der Waals surface area (Å²) in [5.74, 6) is 0.545. The van der Waals surface area contributed by atoms with Crippen molar-refractivity contribution in [3.8, 4) is 0 Å². The van der Waals surface area contributed by atoms with Gasteiger partial charge in [0.2, 0.25) is 10.0 Å². The Balaban J connectivity index is 2.53. The molecule has 0 aliphatic heterocycles. The highest BCUT2D eigenvalue weighted by molar-refractivity contribution is 7.89. The highest BCUT2D eigenvalue weighted by Gasteiger charge is 2.17. The molecule has 0 aromatic carbocycles. The second-order valence-electron chi connectivity index (χ2n) is 4.21. The maximum absolute atomic E-state index is 11.3. The van der Waals surface area contributed by atoms with Crippen LogP contribution in [-0.4, -0.2) is 27.8 Å². The van der Waals surface area contributed by atoms with Gasteiger partial charge in [-0.1, -0.05) is 19.9 Å². The smallest absolute Gasteiger partial charge is 0.212 e. The molecule has 1 aromatic rings. The van der Waals surface area contributed by atoms with Gasteiger partial charge in [0.1, 0.15) is 0 Å². The van der Waals surface area contributed by atoms with E-state index in [-0.39, 0.29) is 11.8 Å². The van der Waals surface area contributed by atoms with Crippen LogP contribution in [0.15, 0.2) is 17.5 Å². The van der Waals surface area contributed by atoms with Gasteiger partial charge in [0.25, 0.3) is 0 Å². The Labute approximate surface area is 107 Å². The van der Waals surface area contributed by atoms with Crippen molar-refractivity contribution in [3.05, 3.63) is 22.4 Å². The van der Waals surface area contributed by atoms with Gasteiger partial charge >= 0.3 is 0 Å². The van der Waals surface area contributed by atoms with Crippen molar-refractivity contribution in [2.24, 2.45) is 5.92 Å².